The fraction of sp³-hybridized carbons (Fsp3) is 0.278. The molecule has 23 heavy (non-hydrogen) atoms. The van der Waals surface area contributed by atoms with E-state index in [4.69, 9.17) is 23.2 Å². The lowest BCUT2D eigenvalue weighted by Crippen LogP contribution is -2.31. The number of para-hydroxylation sites is 1. The Labute approximate surface area is 147 Å². The number of halogens is 2. The first kappa shape index (κ1) is 17.6. The maximum Gasteiger partial charge on any atom is 0.319 e. The summed E-state index contributed by atoms with van der Waals surface area (Å²) in [6.07, 6.45) is 0.581. The molecule has 0 aliphatic heterocycles. The predicted octanol–water partition coefficient (Wildman–Crippen LogP) is 5.48. The number of carbonyl (C=O) groups excluding carboxylic acids is 1. The lowest BCUT2D eigenvalue weighted by atomic mass is 10.0. The smallest absolute Gasteiger partial charge is 0.319 e. The lowest BCUT2D eigenvalue weighted by molar-refractivity contribution is 0.252. The maximum atomic E-state index is 12.1. The first-order valence-electron chi connectivity index (χ1n) is 7.55. The van der Waals surface area contributed by atoms with Crippen molar-refractivity contribution >= 4 is 34.9 Å². The number of urea groups is 1. The van der Waals surface area contributed by atoms with Crippen LogP contribution in [-0.2, 0) is 6.42 Å². The molecule has 2 amide bonds. The highest BCUT2D eigenvalue weighted by Crippen LogP contribution is 2.25. The molecular weight excluding hydrogens is 331 g/mol. The van der Waals surface area contributed by atoms with Gasteiger partial charge in [-0.05, 0) is 41.7 Å². The van der Waals surface area contributed by atoms with Gasteiger partial charge in [0.05, 0.1) is 0 Å². The van der Waals surface area contributed by atoms with E-state index in [2.05, 4.69) is 24.5 Å². The van der Waals surface area contributed by atoms with E-state index in [-0.39, 0.29) is 6.03 Å². The molecule has 2 N–H and O–H groups in total. The second-order valence-electron chi connectivity index (χ2n) is 5.57. The second-order valence-corrected chi connectivity index (χ2v) is 6.39. The van der Waals surface area contributed by atoms with Crippen molar-refractivity contribution < 1.29 is 4.79 Å². The molecule has 0 bridgehead atoms. The molecule has 0 atom stereocenters. The summed E-state index contributed by atoms with van der Waals surface area (Å²) in [6, 6.07) is 13.0. The zero-order chi connectivity index (χ0) is 16.8. The van der Waals surface area contributed by atoms with Gasteiger partial charge in [-0.25, -0.2) is 4.79 Å². The van der Waals surface area contributed by atoms with Gasteiger partial charge in [0.1, 0.15) is 0 Å². The molecule has 0 spiro atoms. The number of benzene rings is 2. The van der Waals surface area contributed by atoms with Crippen molar-refractivity contribution in [1.29, 1.82) is 0 Å². The van der Waals surface area contributed by atoms with Gasteiger partial charge in [0, 0.05) is 22.3 Å². The molecule has 2 aromatic carbocycles. The van der Waals surface area contributed by atoms with Gasteiger partial charge in [0.2, 0.25) is 0 Å². The van der Waals surface area contributed by atoms with Crippen molar-refractivity contribution in [1.82, 2.24) is 5.32 Å². The van der Waals surface area contributed by atoms with Crippen LogP contribution in [-0.4, -0.2) is 12.6 Å². The van der Waals surface area contributed by atoms with Crippen LogP contribution in [0.2, 0.25) is 10.0 Å². The monoisotopic (exact) mass is 350 g/mol. The van der Waals surface area contributed by atoms with E-state index in [9.17, 15) is 4.79 Å². The van der Waals surface area contributed by atoms with Crippen molar-refractivity contribution in [3.8, 4) is 0 Å². The van der Waals surface area contributed by atoms with Crippen LogP contribution in [0.3, 0.4) is 0 Å². The average molecular weight is 351 g/mol. The average Bonchev–Trinajstić information content (AvgIpc) is 2.50. The first-order valence-corrected chi connectivity index (χ1v) is 8.31. The van der Waals surface area contributed by atoms with Crippen LogP contribution < -0.4 is 10.6 Å². The molecule has 0 unspecified atom stereocenters. The van der Waals surface area contributed by atoms with Crippen LogP contribution in [0.15, 0.2) is 42.5 Å². The summed E-state index contributed by atoms with van der Waals surface area (Å²) >= 11 is 12.2. The Hall–Kier alpha value is -1.71. The number of rotatable bonds is 5. The second kappa shape index (κ2) is 8.23. The molecule has 5 heteroatoms. The first-order chi connectivity index (χ1) is 11.0. The molecule has 0 fully saturated rings. The van der Waals surface area contributed by atoms with Crippen molar-refractivity contribution in [2.24, 2.45) is 0 Å². The SMILES string of the molecule is CC(C)c1ccccc1NC(=O)NCCc1c(Cl)cccc1Cl. The van der Waals surface area contributed by atoms with E-state index in [1.54, 1.807) is 18.2 Å². The molecule has 0 radical (unpaired) electrons. The van der Waals surface area contributed by atoms with Gasteiger partial charge in [0.25, 0.3) is 0 Å². The summed E-state index contributed by atoms with van der Waals surface area (Å²) in [6.45, 7) is 4.65. The van der Waals surface area contributed by atoms with Crippen LogP contribution in [0.5, 0.6) is 0 Å². The van der Waals surface area contributed by atoms with Gasteiger partial charge in [-0.3, -0.25) is 0 Å². The van der Waals surface area contributed by atoms with Crippen molar-refractivity contribution in [3.05, 3.63) is 63.6 Å². The van der Waals surface area contributed by atoms with Crippen LogP contribution >= 0.6 is 23.2 Å². The van der Waals surface area contributed by atoms with Crippen LogP contribution in [0.4, 0.5) is 10.5 Å². The molecule has 0 saturated carbocycles. The van der Waals surface area contributed by atoms with Crippen molar-refractivity contribution in [2.45, 2.75) is 26.2 Å². The Bertz CT molecular complexity index is 666. The van der Waals surface area contributed by atoms with E-state index in [1.165, 1.54) is 0 Å². The molecule has 0 aliphatic rings. The topological polar surface area (TPSA) is 41.1 Å². The zero-order valence-electron chi connectivity index (χ0n) is 13.2. The Balaban J connectivity index is 1.91. The third kappa shape index (κ3) is 4.88. The lowest BCUT2D eigenvalue weighted by Gasteiger charge is -2.14. The van der Waals surface area contributed by atoms with E-state index in [0.29, 0.717) is 28.9 Å². The zero-order valence-corrected chi connectivity index (χ0v) is 14.7. The van der Waals surface area contributed by atoms with Gasteiger partial charge in [-0.2, -0.15) is 0 Å². The van der Waals surface area contributed by atoms with Gasteiger partial charge in [-0.15, -0.1) is 0 Å². The third-order valence-electron chi connectivity index (χ3n) is 3.55. The number of carbonyl (C=O) groups is 1. The van der Waals surface area contributed by atoms with E-state index in [1.807, 2.05) is 24.3 Å². The number of hydrogen-bond donors (Lipinski definition) is 2. The van der Waals surface area contributed by atoms with E-state index >= 15 is 0 Å². The molecule has 2 rings (SSSR count). The van der Waals surface area contributed by atoms with Gasteiger partial charge >= 0.3 is 6.03 Å². The molecule has 0 aliphatic carbocycles. The summed E-state index contributed by atoms with van der Waals surface area (Å²) in [7, 11) is 0. The number of amides is 2. The predicted molar refractivity (Wildman–Crippen MR) is 97.7 cm³/mol. The molecule has 0 heterocycles. The summed E-state index contributed by atoms with van der Waals surface area (Å²) < 4.78 is 0. The number of hydrogen-bond acceptors (Lipinski definition) is 1. The van der Waals surface area contributed by atoms with Crippen LogP contribution in [0.1, 0.15) is 30.9 Å². The maximum absolute atomic E-state index is 12.1. The number of anilines is 1. The van der Waals surface area contributed by atoms with Gasteiger partial charge in [0.15, 0.2) is 0 Å². The molecule has 3 nitrogen and oxygen atoms in total. The molecule has 122 valence electrons. The molecule has 0 saturated heterocycles. The highest BCUT2D eigenvalue weighted by atomic mass is 35.5. The van der Waals surface area contributed by atoms with Crippen molar-refractivity contribution in [2.75, 3.05) is 11.9 Å². The summed E-state index contributed by atoms with van der Waals surface area (Å²) in [5.41, 5.74) is 2.78. The fourth-order valence-corrected chi connectivity index (χ4v) is 2.94. The molecule has 0 aromatic heterocycles. The van der Waals surface area contributed by atoms with Crippen LogP contribution in [0, 0.1) is 0 Å². The third-order valence-corrected chi connectivity index (χ3v) is 4.26. The summed E-state index contributed by atoms with van der Waals surface area (Å²) in [4.78, 5) is 12.1. The van der Waals surface area contributed by atoms with E-state index < -0.39 is 0 Å². The number of nitrogens with one attached hydrogen (secondary N) is 2. The minimum absolute atomic E-state index is 0.235. The van der Waals surface area contributed by atoms with Crippen LogP contribution in [0.25, 0.3) is 0 Å². The Morgan fingerprint density at radius 3 is 2.35 bits per heavy atom. The highest BCUT2D eigenvalue weighted by molar-refractivity contribution is 6.36. The van der Waals surface area contributed by atoms with Gasteiger partial charge < -0.3 is 10.6 Å². The normalized spacial score (nSPS) is 10.7. The summed E-state index contributed by atoms with van der Waals surface area (Å²) in [5, 5.41) is 6.96. The minimum atomic E-state index is -0.235. The largest absolute Gasteiger partial charge is 0.338 e. The summed E-state index contributed by atoms with van der Waals surface area (Å²) in [5.74, 6) is 0.341. The standard InChI is InChI=1S/C18H20Cl2N2O/c1-12(2)13-6-3-4-9-17(13)22-18(23)21-11-10-14-15(19)7-5-8-16(14)20/h3-9,12H,10-11H2,1-2H3,(H2,21,22,23). The van der Waals surface area contributed by atoms with E-state index in [0.717, 1.165) is 16.8 Å². The van der Waals surface area contributed by atoms with Crippen molar-refractivity contribution in [3.63, 3.8) is 0 Å². The van der Waals surface area contributed by atoms with Gasteiger partial charge in [-0.1, -0.05) is 61.3 Å². The Morgan fingerprint density at radius 2 is 1.70 bits per heavy atom. The Morgan fingerprint density at radius 1 is 1.04 bits per heavy atom. The highest BCUT2D eigenvalue weighted by Gasteiger charge is 2.09. The molecular formula is C18H20Cl2N2O. The molecule has 2 aromatic rings. The fourth-order valence-electron chi connectivity index (χ4n) is 2.35. The quantitative estimate of drug-likeness (QED) is 0.736. The minimum Gasteiger partial charge on any atom is -0.338 e. The Kier molecular flexibility index (Phi) is 6.31.